The van der Waals surface area contributed by atoms with Crippen LogP contribution in [0, 0.1) is 18.7 Å². The summed E-state index contributed by atoms with van der Waals surface area (Å²) in [5.41, 5.74) is 3.30. The Kier molecular flexibility index (Phi) is 5.70. The molecule has 1 fully saturated rings. The lowest BCUT2D eigenvalue weighted by Gasteiger charge is -2.31. The SMILES string of the molecule is Cc1nc2ccccc2nc1COC(=O)C1CCCN(C(=O)c2ccc(F)cc2)C1. The molecular weight excluding hydrogens is 385 g/mol. The predicted molar refractivity (Wildman–Crippen MR) is 109 cm³/mol. The van der Waals surface area contributed by atoms with Gasteiger partial charge in [-0.2, -0.15) is 0 Å². The molecule has 0 aliphatic carbocycles. The van der Waals surface area contributed by atoms with Crippen LogP contribution in [0.25, 0.3) is 11.0 Å². The maximum atomic E-state index is 13.1. The molecule has 0 radical (unpaired) electrons. The van der Waals surface area contributed by atoms with E-state index in [9.17, 15) is 14.0 Å². The number of carbonyl (C=O) groups is 2. The molecule has 0 spiro atoms. The Bertz CT molecular complexity index is 1080. The number of hydrogen-bond donors (Lipinski definition) is 0. The van der Waals surface area contributed by atoms with Crippen LogP contribution >= 0.6 is 0 Å². The second-order valence-corrected chi connectivity index (χ2v) is 7.45. The zero-order valence-corrected chi connectivity index (χ0v) is 16.7. The van der Waals surface area contributed by atoms with Crippen LogP contribution in [0.5, 0.6) is 0 Å². The van der Waals surface area contributed by atoms with Crippen LogP contribution in [-0.4, -0.2) is 39.8 Å². The number of likely N-dealkylation sites (tertiary alicyclic amines) is 1. The highest BCUT2D eigenvalue weighted by Gasteiger charge is 2.30. The Hall–Kier alpha value is -3.35. The van der Waals surface area contributed by atoms with Gasteiger partial charge < -0.3 is 9.64 Å². The summed E-state index contributed by atoms with van der Waals surface area (Å²) in [4.78, 5) is 36.0. The minimum Gasteiger partial charge on any atom is -0.459 e. The highest BCUT2D eigenvalue weighted by atomic mass is 19.1. The topological polar surface area (TPSA) is 72.4 Å². The van der Waals surface area contributed by atoms with Crippen molar-refractivity contribution in [1.82, 2.24) is 14.9 Å². The Morgan fingerprint density at radius 2 is 1.80 bits per heavy atom. The highest BCUT2D eigenvalue weighted by Crippen LogP contribution is 2.21. The van der Waals surface area contributed by atoms with Crippen molar-refractivity contribution in [3.05, 3.63) is 71.3 Å². The van der Waals surface area contributed by atoms with Gasteiger partial charge in [0.1, 0.15) is 12.4 Å². The fourth-order valence-electron chi connectivity index (χ4n) is 3.65. The van der Waals surface area contributed by atoms with Crippen molar-refractivity contribution in [3.8, 4) is 0 Å². The van der Waals surface area contributed by atoms with Crippen molar-refractivity contribution >= 4 is 22.9 Å². The third kappa shape index (κ3) is 4.30. The van der Waals surface area contributed by atoms with Crippen molar-refractivity contribution in [2.24, 2.45) is 5.92 Å². The third-order valence-electron chi connectivity index (χ3n) is 5.33. The number of nitrogens with zero attached hydrogens (tertiary/aromatic N) is 3. The molecule has 7 heteroatoms. The lowest BCUT2D eigenvalue weighted by atomic mass is 9.97. The smallest absolute Gasteiger partial charge is 0.311 e. The minimum atomic E-state index is -0.392. The van der Waals surface area contributed by atoms with E-state index in [0.717, 1.165) is 16.7 Å². The van der Waals surface area contributed by atoms with E-state index >= 15 is 0 Å². The van der Waals surface area contributed by atoms with E-state index in [1.807, 2.05) is 31.2 Å². The lowest BCUT2D eigenvalue weighted by molar-refractivity contribution is -0.151. The Labute approximate surface area is 173 Å². The maximum Gasteiger partial charge on any atom is 0.311 e. The van der Waals surface area contributed by atoms with Crippen molar-refractivity contribution in [2.45, 2.75) is 26.4 Å². The summed E-state index contributed by atoms with van der Waals surface area (Å²) in [6.45, 7) is 2.74. The molecule has 1 aliphatic heterocycles. The number of fused-ring (bicyclic) bond motifs is 1. The number of hydrogen-bond acceptors (Lipinski definition) is 5. The zero-order valence-electron chi connectivity index (χ0n) is 16.7. The molecule has 154 valence electrons. The number of carbonyl (C=O) groups excluding carboxylic acids is 2. The largest absolute Gasteiger partial charge is 0.459 e. The normalized spacial score (nSPS) is 16.5. The van der Waals surface area contributed by atoms with E-state index in [0.29, 0.717) is 30.6 Å². The van der Waals surface area contributed by atoms with Crippen molar-refractivity contribution in [2.75, 3.05) is 13.1 Å². The van der Waals surface area contributed by atoms with E-state index in [-0.39, 0.29) is 25.0 Å². The molecule has 1 saturated heterocycles. The number of aryl methyl sites for hydroxylation is 1. The molecule has 1 amide bonds. The number of ether oxygens (including phenoxy) is 1. The first kappa shape index (κ1) is 19.9. The molecule has 30 heavy (non-hydrogen) atoms. The number of benzene rings is 2. The van der Waals surface area contributed by atoms with Gasteiger partial charge >= 0.3 is 5.97 Å². The van der Waals surface area contributed by atoms with Gasteiger partial charge in [0.2, 0.25) is 0 Å². The van der Waals surface area contributed by atoms with Gasteiger partial charge in [-0.25, -0.2) is 14.4 Å². The quantitative estimate of drug-likeness (QED) is 0.617. The first-order valence-electron chi connectivity index (χ1n) is 9.95. The molecule has 0 saturated carbocycles. The van der Waals surface area contributed by atoms with Crippen LogP contribution < -0.4 is 0 Å². The number of esters is 1. The number of piperidine rings is 1. The van der Waals surface area contributed by atoms with Crippen LogP contribution in [0.4, 0.5) is 4.39 Å². The van der Waals surface area contributed by atoms with E-state index in [4.69, 9.17) is 4.74 Å². The average molecular weight is 407 g/mol. The molecule has 6 nitrogen and oxygen atoms in total. The summed E-state index contributed by atoms with van der Waals surface area (Å²) in [5, 5.41) is 0. The molecule has 1 aliphatic rings. The van der Waals surface area contributed by atoms with Gasteiger partial charge in [0.05, 0.1) is 28.3 Å². The van der Waals surface area contributed by atoms with Gasteiger partial charge in [0, 0.05) is 18.7 Å². The average Bonchev–Trinajstić information content (AvgIpc) is 2.77. The first-order chi connectivity index (χ1) is 14.5. The minimum absolute atomic E-state index is 0.0465. The first-order valence-corrected chi connectivity index (χ1v) is 9.95. The summed E-state index contributed by atoms with van der Waals surface area (Å²) >= 11 is 0. The second kappa shape index (κ2) is 8.57. The van der Waals surface area contributed by atoms with E-state index in [2.05, 4.69) is 9.97 Å². The van der Waals surface area contributed by atoms with Gasteiger partial charge in [-0.15, -0.1) is 0 Å². The predicted octanol–water partition coefficient (Wildman–Crippen LogP) is 3.67. The van der Waals surface area contributed by atoms with Crippen molar-refractivity contribution < 1.29 is 18.7 Å². The van der Waals surface area contributed by atoms with E-state index < -0.39 is 11.7 Å². The van der Waals surface area contributed by atoms with Gasteiger partial charge in [0.15, 0.2) is 0 Å². The van der Waals surface area contributed by atoms with Crippen LogP contribution in [0.1, 0.15) is 34.6 Å². The summed E-state index contributed by atoms with van der Waals surface area (Å²) in [6, 6.07) is 13.0. The Morgan fingerprint density at radius 3 is 2.53 bits per heavy atom. The monoisotopic (exact) mass is 407 g/mol. The zero-order chi connectivity index (χ0) is 21.1. The fourth-order valence-corrected chi connectivity index (χ4v) is 3.65. The van der Waals surface area contributed by atoms with Crippen LogP contribution in [0.3, 0.4) is 0 Å². The molecule has 1 aromatic heterocycles. The van der Waals surface area contributed by atoms with Crippen molar-refractivity contribution in [3.63, 3.8) is 0 Å². The highest BCUT2D eigenvalue weighted by molar-refractivity contribution is 5.94. The molecule has 1 unspecified atom stereocenters. The van der Waals surface area contributed by atoms with Gasteiger partial charge in [-0.1, -0.05) is 12.1 Å². The summed E-state index contributed by atoms with van der Waals surface area (Å²) in [5.74, 6) is -1.33. The number of amides is 1. The second-order valence-electron chi connectivity index (χ2n) is 7.45. The summed E-state index contributed by atoms with van der Waals surface area (Å²) < 4.78 is 18.6. The van der Waals surface area contributed by atoms with Gasteiger partial charge in [-0.05, 0) is 56.2 Å². The molecule has 3 aromatic rings. The molecule has 1 atom stereocenters. The van der Waals surface area contributed by atoms with Crippen molar-refractivity contribution in [1.29, 1.82) is 0 Å². The molecule has 4 rings (SSSR count). The van der Waals surface area contributed by atoms with E-state index in [1.165, 1.54) is 24.3 Å². The number of para-hydroxylation sites is 2. The molecular formula is C23H22FN3O3. The number of halogens is 1. The Balaban J connectivity index is 1.39. The van der Waals surface area contributed by atoms with Gasteiger partial charge in [0.25, 0.3) is 5.91 Å². The van der Waals surface area contributed by atoms with Crippen LogP contribution in [0.15, 0.2) is 48.5 Å². The fraction of sp³-hybridized carbons (Fsp3) is 0.304. The Morgan fingerprint density at radius 1 is 1.10 bits per heavy atom. The van der Waals surface area contributed by atoms with Gasteiger partial charge in [-0.3, -0.25) is 9.59 Å². The van der Waals surface area contributed by atoms with E-state index in [1.54, 1.807) is 4.90 Å². The van der Waals surface area contributed by atoms with Crippen LogP contribution in [-0.2, 0) is 16.1 Å². The molecule has 2 heterocycles. The molecule has 0 bridgehead atoms. The summed E-state index contributed by atoms with van der Waals surface area (Å²) in [7, 11) is 0. The summed E-state index contributed by atoms with van der Waals surface area (Å²) in [6.07, 6.45) is 1.37. The number of rotatable bonds is 4. The maximum absolute atomic E-state index is 13.1. The molecule has 0 N–H and O–H groups in total. The molecule has 2 aromatic carbocycles. The lowest BCUT2D eigenvalue weighted by Crippen LogP contribution is -2.42. The number of aromatic nitrogens is 2. The van der Waals surface area contributed by atoms with Crippen LogP contribution in [0.2, 0.25) is 0 Å². The standard InChI is InChI=1S/C23H22FN3O3/c1-15-21(26-20-7-3-2-6-19(20)25-15)14-30-23(29)17-5-4-12-27(13-17)22(28)16-8-10-18(24)11-9-16/h2-3,6-11,17H,4-5,12-14H2,1H3. The third-order valence-corrected chi connectivity index (χ3v) is 5.33.